The molecule has 104 valence electrons. The Morgan fingerprint density at radius 3 is 2.95 bits per heavy atom. The lowest BCUT2D eigenvalue weighted by Crippen LogP contribution is -2.19. The molecule has 0 bridgehead atoms. The Kier molecular flexibility index (Phi) is 3.42. The number of fused-ring (bicyclic) bond motifs is 1. The van der Waals surface area contributed by atoms with Crippen LogP contribution in [0, 0.1) is 0 Å². The average molecular weight is 287 g/mol. The van der Waals surface area contributed by atoms with E-state index in [1.165, 1.54) is 16.9 Å². The number of hydrogen-bond acceptors (Lipinski definition) is 5. The second-order valence-electron chi connectivity index (χ2n) is 4.98. The van der Waals surface area contributed by atoms with Crippen LogP contribution in [-0.4, -0.2) is 26.5 Å². The maximum atomic E-state index is 5.73. The summed E-state index contributed by atoms with van der Waals surface area (Å²) in [7, 11) is 4.11. The fourth-order valence-corrected chi connectivity index (χ4v) is 3.04. The quantitative estimate of drug-likeness (QED) is 0.799. The van der Waals surface area contributed by atoms with Crippen molar-refractivity contribution < 1.29 is 0 Å². The summed E-state index contributed by atoms with van der Waals surface area (Å²) in [5.41, 5.74) is 7.97. The normalized spacial score (nSPS) is 11.6. The molecule has 0 fully saturated rings. The summed E-state index contributed by atoms with van der Waals surface area (Å²) in [5, 5.41) is 0.624. The summed E-state index contributed by atoms with van der Waals surface area (Å²) in [6.07, 6.45) is 3.80. The van der Waals surface area contributed by atoms with Gasteiger partial charge in [-0.05, 0) is 24.7 Å². The maximum absolute atomic E-state index is 5.73. The Bertz CT molecular complexity index is 730. The van der Waals surface area contributed by atoms with Crippen LogP contribution in [-0.2, 0) is 20.1 Å². The van der Waals surface area contributed by atoms with E-state index in [4.69, 9.17) is 5.73 Å². The molecule has 5 nitrogen and oxygen atoms in total. The van der Waals surface area contributed by atoms with E-state index in [0.717, 1.165) is 29.1 Å². The second kappa shape index (κ2) is 5.22. The zero-order chi connectivity index (χ0) is 14.1. The van der Waals surface area contributed by atoms with Crippen LogP contribution in [0.25, 0.3) is 10.2 Å². The third kappa shape index (κ3) is 2.66. The lowest BCUT2D eigenvalue weighted by molar-refractivity contribution is 0.307. The number of anilines is 1. The number of rotatable bonds is 4. The predicted octanol–water partition coefficient (Wildman–Crippen LogP) is 2.24. The summed E-state index contributed by atoms with van der Waals surface area (Å²) in [6.45, 7) is 1.70. The van der Waals surface area contributed by atoms with Crippen LogP contribution in [0.2, 0.25) is 0 Å². The highest BCUT2D eigenvalue weighted by Crippen LogP contribution is 2.25. The summed E-state index contributed by atoms with van der Waals surface area (Å²) in [5.74, 6) is 1.07. The first kappa shape index (κ1) is 13.1. The van der Waals surface area contributed by atoms with E-state index in [0.29, 0.717) is 5.13 Å². The fraction of sp³-hybridized carbons (Fsp3) is 0.286. The average Bonchev–Trinajstić information content (AvgIpc) is 2.94. The van der Waals surface area contributed by atoms with Gasteiger partial charge in [0.25, 0.3) is 0 Å². The summed E-state index contributed by atoms with van der Waals surface area (Å²) in [6, 6.07) is 6.31. The van der Waals surface area contributed by atoms with Crippen LogP contribution in [0.1, 0.15) is 11.4 Å². The van der Waals surface area contributed by atoms with Gasteiger partial charge in [0.1, 0.15) is 5.82 Å². The molecule has 2 aromatic heterocycles. The summed E-state index contributed by atoms with van der Waals surface area (Å²) < 4.78 is 3.19. The minimum Gasteiger partial charge on any atom is -0.375 e. The zero-order valence-corrected chi connectivity index (χ0v) is 12.4. The van der Waals surface area contributed by atoms with Crippen molar-refractivity contribution in [3.8, 4) is 0 Å². The van der Waals surface area contributed by atoms with Gasteiger partial charge >= 0.3 is 0 Å². The summed E-state index contributed by atoms with van der Waals surface area (Å²) in [4.78, 5) is 10.9. The molecule has 0 spiro atoms. The van der Waals surface area contributed by atoms with Crippen molar-refractivity contribution in [3.05, 3.63) is 42.0 Å². The molecule has 3 aromatic rings. The number of thiazole rings is 1. The van der Waals surface area contributed by atoms with E-state index in [9.17, 15) is 0 Å². The van der Waals surface area contributed by atoms with Crippen LogP contribution in [0.4, 0.5) is 5.13 Å². The molecular weight excluding hydrogens is 270 g/mol. The number of hydrogen-bond donors (Lipinski definition) is 1. The molecule has 6 heteroatoms. The number of aryl methyl sites for hydroxylation is 1. The Morgan fingerprint density at radius 1 is 1.35 bits per heavy atom. The van der Waals surface area contributed by atoms with Crippen LogP contribution >= 0.6 is 11.3 Å². The summed E-state index contributed by atoms with van der Waals surface area (Å²) >= 11 is 1.53. The van der Waals surface area contributed by atoms with Crippen molar-refractivity contribution in [1.29, 1.82) is 0 Å². The van der Waals surface area contributed by atoms with Crippen LogP contribution in [0.3, 0.4) is 0 Å². The van der Waals surface area contributed by atoms with Gasteiger partial charge in [0.15, 0.2) is 5.13 Å². The van der Waals surface area contributed by atoms with Gasteiger partial charge in [-0.2, -0.15) is 0 Å². The number of aromatic nitrogens is 3. The molecule has 0 saturated heterocycles. The molecule has 0 saturated carbocycles. The van der Waals surface area contributed by atoms with Gasteiger partial charge in [-0.25, -0.2) is 9.97 Å². The Hall–Kier alpha value is -1.92. The van der Waals surface area contributed by atoms with E-state index in [1.54, 1.807) is 0 Å². The highest BCUT2D eigenvalue weighted by molar-refractivity contribution is 7.22. The highest BCUT2D eigenvalue weighted by Gasteiger charge is 2.07. The van der Waals surface area contributed by atoms with E-state index in [2.05, 4.69) is 34.0 Å². The number of nitrogens with zero attached hydrogens (tertiary/aromatic N) is 4. The van der Waals surface area contributed by atoms with Gasteiger partial charge in [-0.3, -0.25) is 4.90 Å². The first-order valence-electron chi connectivity index (χ1n) is 6.41. The molecule has 0 unspecified atom stereocenters. The van der Waals surface area contributed by atoms with Crippen molar-refractivity contribution in [3.63, 3.8) is 0 Å². The van der Waals surface area contributed by atoms with Gasteiger partial charge in [0.2, 0.25) is 0 Å². The van der Waals surface area contributed by atoms with Gasteiger partial charge < -0.3 is 10.3 Å². The monoisotopic (exact) mass is 287 g/mol. The Morgan fingerprint density at radius 2 is 2.20 bits per heavy atom. The number of imidazole rings is 1. The SMILES string of the molecule is CN(Cc1ccc2nc(N)sc2c1)Cc1nccn1C. The standard InChI is InChI=1S/C14H17N5S/c1-18(9-13-16-5-6-19(13)2)8-10-3-4-11-12(7-10)20-14(15)17-11/h3-7H,8-9H2,1-2H3,(H2,15,17). The second-order valence-corrected chi connectivity index (χ2v) is 6.04. The van der Waals surface area contributed by atoms with E-state index in [1.807, 2.05) is 30.1 Å². The molecule has 0 radical (unpaired) electrons. The van der Waals surface area contributed by atoms with E-state index >= 15 is 0 Å². The molecule has 0 atom stereocenters. The van der Waals surface area contributed by atoms with Gasteiger partial charge in [0.05, 0.1) is 16.8 Å². The molecular formula is C14H17N5S. The van der Waals surface area contributed by atoms with Crippen molar-refractivity contribution in [2.75, 3.05) is 12.8 Å². The zero-order valence-electron chi connectivity index (χ0n) is 11.6. The third-order valence-electron chi connectivity index (χ3n) is 3.25. The first-order valence-corrected chi connectivity index (χ1v) is 7.23. The van der Waals surface area contributed by atoms with E-state index < -0.39 is 0 Å². The maximum Gasteiger partial charge on any atom is 0.181 e. The molecule has 2 N–H and O–H groups in total. The van der Waals surface area contributed by atoms with Gasteiger partial charge in [0, 0.05) is 26.0 Å². The van der Waals surface area contributed by atoms with Crippen LogP contribution < -0.4 is 5.73 Å². The molecule has 3 rings (SSSR count). The smallest absolute Gasteiger partial charge is 0.181 e. The van der Waals surface area contributed by atoms with Gasteiger partial charge in [-0.1, -0.05) is 17.4 Å². The Labute approximate surface area is 121 Å². The third-order valence-corrected chi connectivity index (χ3v) is 4.10. The van der Waals surface area contributed by atoms with Crippen LogP contribution in [0.15, 0.2) is 30.6 Å². The minimum absolute atomic E-state index is 0.624. The largest absolute Gasteiger partial charge is 0.375 e. The van der Waals surface area contributed by atoms with Crippen molar-refractivity contribution in [2.45, 2.75) is 13.1 Å². The van der Waals surface area contributed by atoms with Crippen molar-refractivity contribution >= 4 is 26.7 Å². The number of benzene rings is 1. The van der Waals surface area contributed by atoms with Crippen LogP contribution in [0.5, 0.6) is 0 Å². The topological polar surface area (TPSA) is 60.0 Å². The van der Waals surface area contributed by atoms with Crippen molar-refractivity contribution in [2.24, 2.45) is 7.05 Å². The molecule has 1 aromatic carbocycles. The molecule has 0 aliphatic rings. The molecule has 0 aliphatic carbocycles. The molecule has 2 heterocycles. The minimum atomic E-state index is 0.624. The van der Waals surface area contributed by atoms with Gasteiger partial charge in [-0.15, -0.1) is 0 Å². The Balaban J connectivity index is 1.73. The van der Waals surface area contributed by atoms with Crippen molar-refractivity contribution in [1.82, 2.24) is 19.4 Å². The first-order chi connectivity index (χ1) is 9.61. The predicted molar refractivity (Wildman–Crippen MR) is 82.4 cm³/mol. The lowest BCUT2D eigenvalue weighted by atomic mass is 10.2. The lowest BCUT2D eigenvalue weighted by Gasteiger charge is -2.16. The number of nitrogens with two attached hydrogens (primary N) is 1. The fourth-order valence-electron chi connectivity index (χ4n) is 2.24. The number of nitrogen functional groups attached to an aromatic ring is 1. The van der Waals surface area contributed by atoms with E-state index in [-0.39, 0.29) is 0 Å². The highest BCUT2D eigenvalue weighted by atomic mass is 32.1. The molecule has 20 heavy (non-hydrogen) atoms. The molecule has 0 amide bonds. The molecule has 0 aliphatic heterocycles.